The van der Waals surface area contributed by atoms with Crippen molar-refractivity contribution in [3.63, 3.8) is 0 Å². The zero-order chi connectivity index (χ0) is 44.8. The summed E-state index contributed by atoms with van der Waals surface area (Å²) in [6, 6.07) is 65.2. The van der Waals surface area contributed by atoms with Gasteiger partial charge in [0.1, 0.15) is 17.1 Å². The highest BCUT2D eigenvalue weighted by Crippen LogP contribution is 2.48. The number of fused-ring (bicyclic) bond motifs is 8. The van der Waals surface area contributed by atoms with Crippen molar-refractivity contribution < 1.29 is 10.5 Å². The molecule has 0 aliphatic carbocycles. The first kappa shape index (κ1) is 37.6. The van der Waals surface area contributed by atoms with Gasteiger partial charge < -0.3 is 23.9 Å². The maximum absolute atomic E-state index is 9.34. The molecule has 0 amide bonds. The fourth-order valence-corrected chi connectivity index (χ4v) is 9.89. The molecule has 0 saturated heterocycles. The molecule has 0 N–H and O–H groups in total. The van der Waals surface area contributed by atoms with E-state index in [0.29, 0.717) is 11.8 Å². The second-order valence-corrected chi connectivity index (χ2v) is 17.7. The lowest BCUT2D eigenvalue weighted by Crippen LogP contribution is -2.59. The van der Waals surface area contributed by atoms with Crippen LogP contribution in [0.4, 0.5) is 51.2 Å². The van der Waals surface area contributed by atoms with E-state index in [-0.39, 0.29) is 6.71 Å². The highest BCUT2D eigenvalue weighted by atomic mass is 16.5. The molecule has 0 bridgehead atoms. The molecule has 312 valence electrons. The van der Waals surface area contributed by atoms with Gasteiger partial charge in [-0.3, -0.25) is 0 Å². The van der Waals surface area contributed by atoms with Crippen LogP contribution in [0.3, 0.4) is 0 Å². The normalized spacial score (nSPS) is 12.7. The van der Waals surface area contributed by atoms with Crippen LogP contribution >= 0.6 is 0 Å². The number of hydrogen-bond donors (Lipinski definition) is 0. The summed E-state index contributed by atoms with van der Waals surface area (Å²) in [7, 11) is 0. The zero-order valence-electron chi connectivity index (χ0n) is 38.1. The SMILES string of the molecule is [2H]c1cc2c3c(c1)N(c1ccc(C)cc1)c1cc(N(c4ccc(C)cc4)c4ccc(C)cc4)ccc1B3c1c(cc(N(c3ccc(C)cc3)c3ccc(C)cc3)c3oc4ccccc4c13)O2. The number of para-hydroxylation sites is 1. The fourth-order valence-electron chi connectivity index (χ4n) is 9.89. The van der Waals surface area contributed by atoms with E-state index < -0.39 is 0 Å². The maximum Gasteiger partial charge on any atom is 0.257 e. The maximum atomic E-state index is 9.34. The van der Waals surface area contributed by atoms with Gasteiger partial charge in [0.05, 0.1) is 7.06 Å². The van der Waals surface area contributed by atoms with Gasteiger partial charge in [0.25, 0.3) is 6.71 Å². The van der Waals surface area contributed by atoms with Gasteiger partial charge in [0.15, 0.2) is 5.58 Å². The summed E-state index contributed by atoms with van der Waals surface area (Å²) in [4.78, 5) is 6.95. The molecule has 2 aliphatic rings. The topological polar surface area (TPSA) is 32.1 Å². The van der Waals surface area contributed by atoms with E-state index in [9.17, 15) is 1.37 Å². The Kier molecular flexibility index (Phi) is 8.73. The first-order chi connectivity index (χ1) is 32.2. The minimum atomic E-state index is -0.262. The van der Waals surface area contributed by atoms with E-state index in [2.05, 4.69) is 213 Å². The molecule has 2 aliphatic heterocycles. The summed E-state index contributed by atoms with van der Waals surface area (Å²) in [5.41, 5.74) is 19.8. The van der Waals surface area contributed by atoms with E-state index in [1.54, 1.807) is 0 Å². The third kappa shape index (κ3) is 6.39. The first-order valence-corrected chi connectivity index (χ1v) is 22.3. The van der Waals surface area contributed by atoms with Crippen LogP contribution in [0.15, 0.2) is 192 Å². The number of ether oxygens (including phenoxy) is 1. The molecule has 65 heavy (non-hydrogen) atoms. The molecule has 0 atom stereocenters. The van der Waals surface area contributed by atoms with Gasteiger partial charge in [-0.05, 0) is 142 Å². The average Bonchev–Trinajstić information content (AvgIpc) is 3.72. The van der Waals surface area contributed by atoms with E-state index in [4.69, 9.17) is 9.15 Å². The van der Waals surface area contributed by atoms with Crippen LogP contribution in [0, 0.1) is 34.6 Å². The third-order valence-corrected chi connectivity index (χ3v) is 13.2. The summed E-state index contributed by atoms with van der Waals surface area (Å²) in [6.07, 6.45) is 0. The third-order valence-electron chi connectivity index (χ3n) is 13.2. The molecule has 12 rings (SSSR count). The van der Waals surface area contributed by atoms with Crippen molar-refractivity contribution in [2.75, 3.05) is 14.7 Å². The van der Waals surface area contributed by atoms with Crippen molar-refractivity contribution in [2.45, 2.75) is 34.6 Å². The first-order valence-electron chi connectivity index (χ1n) is 22.8. The number of rotatable bonds is 7. The Labute approximate surface area is 381 Å². The summed E-state index contributed by atoms with van der Waals surface area (Å²) in [5, 5.41) is 2.03. The molecule has 6 heteroatoms. The second-order valence-electron chi connectivity index (χ2n) is 17.7. The van der Waals surface area contributed by atoms with E-state index in [0.717, 1.165) is 95.3 Å². The van der Waals surface area contributed by atoms with Crippen LogP contribution in [0.1, 0.15) is 29.2 Å². The summed E-state index contributed by atoms with van der Waals surface area (Å²) in [5.74, 6) is 1.42. The lowest BCUT2D eigenvalue weighted by atomic mass is 9.33. The minimum absolute atomic E-state index is 0.262. The van der Waals surface area contributed by atoms with Crippen molar-refractivity contribution in [1.29, 1.82) is 0 Å². The van der Waals surface area contributed by atoms with Gasteiger partial charge in [-0.2, -0.15) is 0 Å². The number of hydrogen-bond acceptors (Lipinski definition) is 5. The summed E-state index contributed by atoms with van der Waals surface area (Å²) in [6.45, 7) is 10.3. The molecular formula is C59H46BN3O2. The molecule has 0 saturated carbocycles. The van der Waals surface area contributed by atoms with Crippen molar-refractivity contribution in [2.24, 2.45) is 0 Å². The predicted octanol–water partition coefficient (Wildman–Crippen LogP) is 14.5. The summed E-state index contributed by atoms with van der Waals surface area (Å²) < 4.78 is 23.6. The van der Waals surface area contributed by atoms with Gasteiger partial charge in [-0.15, -0.1) is 0 Å². The van der Waals surface area contributed by atoms with Crippen LogP contribution in [-0.4, -0.2) is 6.71 Å². The van der Waals surface area contributed by atoms with Crippen LogP contribution in [0.5, 0.6) is 11.5 Å². The number of anilines is 9. The molecule has 1 aromatic heterocycles. The van der Waals surface area contributed by atoms with Gasteiger partial charge in [-0.1, -0.05) is 119 Å². The highest BCUT2D eigenvalue weighted by Gasteiger charge is 2.44. The van der Waals surface area contributed by atoms with Crippen LogP contribution < -0.4 is 35.8 Å². The Bertz CT molecular complexity index is 3420. The number of benzene rings is 9. The molecule has 10 aromatic rings. The number of nitrogens with zero attached hydrogens (tertiary/aromatic N) is 3. The molecule has 0 unspecified atom stereocenters. The molecule has 0 radical (unpaired) electrons. The minimum Gasteiger partial charge on any atom is -0.458 e. The Hall–Kier alpha value is -7.96. The number of aryl methyl sites for hydroxylation is 5. The van der Waals surface area contributed by atoms with E-state index in [1.807, 2.05) is 18.2 Å². The van der Waals surface area contributed by atoms with Gasteiger partial charge in [0, 0.05) is 62.3 Å². The van der Waals surface area contributed by atoms with Crippen LogP contribution in [0.25, 0.3) is 21.9 Å². The average molecular weight is 841 g/mol. The number of furan rings is 1. The quantitative estimate of drug-likeness (QED) is 0.149. The Morgan fingerprint density at radius 1 is 0.477 bits per heavy atom. The predicted molar refractivity (Wildman–Crippen MR) is 273 cm³/mol. The molecule has 3 heterocycles. The molecule has 5 nitrogen and oxygen atoms in total. The van der Waals surface area contributed by atoms with Crippen molar-refractivity contribution in [3.8, 4) is 11.5 Å². The highest BCUT2D eigenvalue weighted by molar-refractivity contribution is 7.00. The molecular weight excluding hydrogens is 793 g/mol. The lowest BCUT2D eigenvalue weighted by molar-refractivity contribution is 0.488. The Morgan fingerprint density at radius 3 is 1.58 bits per heavy atom. The van der Waals surface area contributed by atoms with Gasteiger partial charge in [0.2, 0.25) is 0 Å². The van der Waals surface area contributed by atoms with Gasteiger partial charge >= 0.3 is 0 Å². The monoisotopic (exact) mass is 840 g/mol. The van der Waals surface area contributed by atoms with Gasteiger partial charge in [-0.25, -0.2) is 0 Å². The molecule has 0 fully saturated rings. The van der Waals surface area contributed by atoms with E-state index in [1.165, 1.54) is 27.8 Å². The smallest absolute Gasteiger partial charge is 0.257 e. The van der Waals surface area contributed by atoms with Crippen molar-refractivity contribution in [3.05, 3.63) is 216 Å². The zero-order valence-corrected chi connectivity index (χ0v) is 37.1. The van der Waals surface area contributed by atoms with Crippen LogP contribution in [-0.2, 0) is 0 Å². The second kappa shape index (κ2) is 15.1. The Morgan fingerprint density at radius 2 is 1.00 bits per heavy atom. The molecule has 0 spiro atoms. The van der Waals surface area contributed by atoms with Crippen molar-refractivity contribution in [1.82, 2.24) is 0 Å². The lowest BCUT2D eigenvalue weighted by Gasteiger charge is -2.41. The summed E-state index contributed by atoms with van der Waals surface area (Å²) >= 11 is 0. The Balaban J connectivity index is 1.16. The fraction of sp³-hybridized carbons (Fsp3) is 0.0847. The van der Waals surface area contributed by atoms with Crippen LogP contribution in [0.2, 0.25) is 0 Å². The molecule has 9 aromatic carbocycles. The van der Waals surface area contributed by atoms with E-state index >= 15 is 0 Å². The van der Waals surface area contributed by atoms with Crippen molar-refractivity contribution >= 4 is 96.2 Å². The standard InChI is InChI=1S/C59H46BN3O2/c1-37-13-23-42(24-14-37)61(43-25-15-38(2)16-26-43)47-33-34-49-51(35-47)63(46-31-21-41(5)22-32-46)50-10-8-12-54-57(50)60(49)58-55(64-54)36-52(59-56(58)48-9-6-7-11-53(48)65-59)62(44-27-17-39(3)18-28-44)45-29-19-40(4)20-30-45/h6-36H,1-5H3/i8D. The largest absolute Gasteiger partial charge is 0.458 e.